The van der Waals surface area contributed by atoms with E-state index in [0.29, 0.717) is 24.5 Å². The van der Waals surface area contributed by atoms with Crippen molar-refractivity contribution in [2.75, 3.05) is 13.1 Å². The maximum Gasteiger partial charge on any atom is 0.276 e. The SMILES string of the molecule is CC1CCN(C(=O)c2ncoc2-c2cccs2)CC1O. The minimum atomic E-state index is -0.468. The molecule has 3 rings (SSSR count). The van der Waals surface area contributed by atoms with Crippen LogP contribution in [0.3, 0.4) is 0 Å². The Morgan fingerprint density at radius 2 is 2.45 bits per heavy atom. The molecule has 0 bridgehead atoms. The van der Waals surface area contributed by atoms with Gasteiger partial charge in [0.25, 0.3) is 5.91 Å². The molecule has 0 radical (unpaired) electrons. The van der Waals surface area contributed by atoms with Gasteiger partial charge in [-0.05, 0) is 23.8 Å². The minimum absolute atomic E-state index is 0.173. The Balaban J connectivity index is 1.83. The van der Waals surface area contributed by atoms with Crippen molar-refractivity contribution in [3.8, 4) is 10.6 Å². The van der Waals surface area contributed by atoms with Gasteiger partial charge in [0.05, 0.1) is 11.0 Å². The van der Waals surface area contributed by atoms with Gasteiger partial charge in [0, 0.05) is 13.1 Å². The van der Waals surface area contributed by atoms with Crippen LogP contribution in [0.15, 0.2) is 28.3 Å². The summed E-state index contributed by atoms with van der Waals surface area (Å²) in [5.41, 5.74) is 0.328. The van der Waals surface area contributed by atoms with Crippen molar-refractivity contribution >= 4 is 17.2 Å². The second-order valence-electron chi connectivity index (χ2n) is 5.09. The van der Waals surface area contributed by atoms with E-state index in [2.05, 4.69) is 4.98 Å². The van der Waals surface area contributed by atoms with Crippen LogP contribution in [0, 0.1) is 5.92 Å². The molecule has 0 aliphatic carbocycles. The van der Waals surface area contributed by atoms with E-state index in [1.165, 1.54) is 17.7 Å². The molecule has 2 atom stereocenters. The normalized spacial score (nSPS) is 23.0. The lowest BCUT2D eigenvalue weighted by atomic mass is 9.96. The molecule has 1 aliphatic heterocycles. The van der Waals surface area contributed by atoms with E-state index in [0.717, 1.165) is 11.3 Å². The average Bonchev–Trinajstić information content (AvgIpc) is 3.10. The number of piperidine rings is 1. The summed E-state index contributed by atoms with van der Waals surface area (Å²) in [6, 6.07) is 3.80. The van der Waals surface area contributed by atoms with Crippen LogP contribution in [-0.4, -0.2) is 40.1 Å². The second-order valence-corrected chi connectivity index (χ2v) is 6.04. The number of oxazole rings is 1. The zero-order valence-corrected chi connectivity index (χ0v) is 12.0. The second kappa shape index (κ2) is 5.38. The topological polar surface area (TPSA) is 66.6 Å². The Morgan fingerprint density at radius 1 is 1.60 bits per heavy atom. The Hall–Kier alpha value is -1.66. The molecule has 106 valence electrons. The van der Waals surface area contributed by atoms with E-state index < -0.39 is 6.10 Å². The van der Waals surface area contributed by atoms with Gasteiger partial charge in [0.2, 0.25) is 0 Å². The molecule has 20 heavy (non-hydrogen) atoms. The molecule has 3 heterocycles. The predicted octanol–water partition coefficient (Wildman–Crippen LogP) is 2.25. The van der Waals surface area contributed by atoms with Gasteiger partial charge in [-0.25, -0.2) is 4.98 Å². The summed E-state index contributed by atoms with van der Waals surface area (Å²) < 4.78 is 5.36. The fourth-order valence-electron chi connectivity index (χ4n) is 2.36. The molecule has 2 unspecified atom stereocenters. The maximum absolute atomic E-state index is 12.5. The van der Waals surface area contributed by atoms with E-state index in [1.807, 2.05) is 24.4 Å². The van der Waals surface area contributed by atoms with Crippen molar-refractivity contribution in [3.63, 3.8) is 0 Å². The van der Waals surface area contributed by atoms with Gasteiger partial charge >= 0.3 is 0 Å². The highest BCUT2D eigenvalue weighted by Gasteiger charge is 2.30. The molecule has 2 aromatic heterocycles. The third-order valence-corrected chi connectivity index (χ3v) is 4.59. The molecule has 6 heteroatoms. The first-order valence-electron chi connectivity index (χ1n) is 6.61. The van der Waals surface area contributed by atoms with E-state index in [9.17, 15) is 9.90 Å². The van der Waals surface area contributed by atoms with Gasteiger partial charge in [-0.15, -0.1) is 11.3 Å². The summed E-state index contributed by atoms with van der Waals surface area (Å²) in [6.45, 7) is 3.00. The molecule has 0 spiro atoms. The van der Waals surface area contributed by atoms with Crippen LogP contribution < -0.4 is 0 Å². The summed E-state index contributed by atoms with van der Waals surface area (Å²) in [6.07, 6.45) is 1.63. The van der Waals surface area contributed by atoms with E-state index in [1.54, 1.807) is 4.90 Å². The number of aromatic nitrogens is 1. The maximum atomic E-state index is 12.5. The molecule has 1 fully saturated rings. The third-order valence-electron chi connectivity index (χ3n) is 3.72. The van der Waals surface area contributed by atoms with E-state index in [4.69, 9.17) is 4.42 Å². The molecular weight excluding hydrogens is 276 g/mol. The van der Waals surface area contributed by atoms with Crippen LogP contribution in [0.5, 0.6) is 0 Å². The number of rotatable bonds is 2. The van der Waals surface area contributed by atoms with Crippen molar-refractivity contribution in [1.29, 1.82) is 0 Å². The quantitative estimate of drug-likeness (QED) is 0.922. The smallest absolute Gasteiger partial charge is 0.276 e. The Kier molecular flexibility index (Phi) is 3.58. The van der Waals surface area contributed by atoms with Crippen LogP contribution in [0.2, 0.25) is 0 Å². The first kappa shape index (κ1) is 13.3. The molecule has 5 nitrogen and oxygen atoms in total. The fraction of sp³-hybridized carbons (Fsp3) is 0.429. The molecule has 1 aliphatic rings. The van der Waals surface area contributed by atoms with Crippen LogP contribution >= 0.6 is 11.3 Å². The van der Waals surface area contributed by atoms with Crippen molar-refractivity contribution in [1.82, 2.24) is 9.88 Å². The largest absolute Gasteiger partial charge is 0.442 e. The van der Waals surface area contributed by atoms with Gasteiger partial charge in [0.15, 0.2) is 17.8 Å². The van der Waals surface area contributed by atoms with Gasteiger partial charge in [0.1, 0.15) is 0 Å². The lowest BCUT2D eigenvalue weighted by Gasteiger charge is -2.33. The first-order chi connectivity index (χ1) is 9.66. The van der Waals surface area contributed by atoms with Crippen LogP contribution in [0.4, 0.5) is 0 Å². The number of aliphatic hydroxyl groups excluding tert-OH is 1. The standard InChI is InChI=1S/C14H16N2O3S/c1-9-4-5-16(7-10(9)17)14(18)12-13(19-8-15-12)11-3-2-6-20-11/h2-3,6,8-10,17H,4-5,7H2,1H3. The molecule has 0 aromatic carbocycles. The lowest BCUT2D eigenvalue weighted by molar-refractivity contribution is 0.0246. The van der Waals surface area contributed by atoms with Gasteiger partial charge in [-0.1, -0.05) is 13.0 Å². The Labute approximate surface area is 120 Å². The monoisotopic (exact) mass is 292 g/mol. The van der Waals surface area contributed by atoms with E-state index in [-0.39, 0.29) is 11.8 Å². The molecular formula is C14H16N2O3S. The number of thiophene rings is 1. The number of likely N-dealkylation sites (tertiary alicyclic amines) is 1. The molecule has 0 saturated carbocycles. The van der Waals surface area contributed by atoms with Gasteiger partial charge < -0.3 is 14.4 Å². The summed E-state index contributed by atoms with van der Waals surface area (Å²) >= 11 is 1.51. The third kappa shape index (κ3) is 2.36. The molecule has 1 amide bonds. The van der Waals surface area contributed by atoms with Crippen LogP contribution in [-0.2, 0) is 0 Å². The summed E-state index contributed by atoms with van der Waals surface area (Å²) in [5.74, 6) is 0.569. The number of amides is 1. The lowest BCUT2D eigenvalue weighted by Crippen LogP contribution is -2.46. The van der Waals surface area contributed by atoms with E-state index >= 15 is 0 Å². The van der Waals surface area contributed by atoms with Gasteiger partial charge in [-0.3, -0.25) is 4.79 Å². The van der Waals surface area contributed by atoms with Crippen molar-refractivity contribution in [2.45, 2.75) is 19.4 Å². The number of hydrogen-bond donors (Lipinski definition) is 1. The zero-order chi connectivity index (χ0) is 14.1. The Bertz CT molecular complexity index is 593. The van der Waals surface area contributed by atoms with Crippen molar-refractivity contribution in [2.24, 2.45) is 5.92 Å². The minimum Gasteiger partial charge on any atom is -0.442 e. The number of nitrogens with zero attached hydrogens (tertiary/aromatic N) is 2. The summed E-state index contributed by atoms with van der Waals surface area (Å²) in [7, 11) is 0. The van der Waals surface area contributed by atoms with Gasteiger partial charge in [-0.2, -0.15) is 0 Å². The predicted molar refractivity (Wildman–Crippen MR) is 75.5 cm³/mol. The zero-order valence-electron chi connectivity index (χ0n) is 11.2. The number of hydrogen-bond acceptors (Lipinski definition) is 5. The fourth-order valence-corrected chi connectivity index (χ4v) is 3.08. The van der Waals surface area contributed by atoms with Crippen LogP contribution in [0.25, 0.3) is 10.6 Å². The number of β-amino-alcohol motifs (C(OH)–C–C–N with tert-alkyl or cyclic N) is 1. The highest BCUT2D eigenvalue weighted by atomic mass is 32.1. The summed E-state index contributed by atoms with van der Waals surface area (Å²) in [4.78, 5) is 19.1. The highest BCUT2D eigenvalue weighted by Crippen LogP contribution is 2.29. The van der Waals surface area contributed by atoms with Crippen molar-refractivity contribution < 1.29 is 14.3 Å². The molecule has 2 aromatic rings. The van der Waals surface area contributed by atoms with Crippen LogP contribution in [0.1, 0.15) is 23.8 Å². The summed E-state index contributed by atoms with van der Waals surface area (Å²) in [5, 5.41) is 11.8. The Morgan fingerprint density at radius 3 is 3.15 bits per heavy atom. The number of carbonyl (C=O) groups is 1. The number of aliphatic hydroxyl groups is 1. The first-order valence-corrected chi connectivity index (χ1v) is 7.49. The molecule has 1 N–H and O–H groups in total. The number of carbonyl (C=O) groups excluding carboxylic acids is 1. The van der Waals surface area contributed by atoms with Crippen molar-refractivity contribution in [3.05, 3.63) is 29.6 Å². The highest BCUT2D eigenvalue weighted by molar-refractivity contribution is 7.13. The average molecular weight is 292 g/mol. The molecule has 1 saturated heterocycles.